The van der Waals surface area contributed by atoms with Crippen LogP contribution in [-0.2, 0) is 11.2 Å². The van der Waals surface area contributed by atoms with Crippen molar-refractivity contribution < 1.29 is 9.84 Å². The van der Waals surface area contributed by atoms with Crippen LogP contribution in [0.2, 0.25) is 5.02 Å². The molecule has 1 heterocycles. The van der Waals surface area contributed by atoms with Gasteiger partial charge in [-0.15, -0.1) is 0 Å². The summed E-state index contributed by atoms with van der Waals surface area (Å²) in [7, 11) is 0. The smallest absolute Gasteiger partial charge is 0.0584 e. The molecule has 1 saturated heterocycles. The summed E-state index contributed by atoms with van der Waals surface area (Å²) in [6, 6.07) is 7.68. The fourth-order valence-corrected chi connectivity index (χ4v) is 2.39. The molecule has 0 aliphatic carbocycles. The van der Waals surface area contributed by atoms with Gasteiger partial charge in [0.1, 0.15) is 0 Å². The minimum atomic E-state index is -0.287. The van der Waals surface area contributed by atoms with E-state index in [0.717, 1.165) is 36.6 Å². The zero-order chi connectivity index (χ0) is 11.4. The number of hydrogen-bond acceptors (Lipinski definition) is 2. The molecule has 1 aromatic rings. The zero-order valence-electron chi connectivity index (χ0n) is 9.23. The van der Waals surface area contributed by atoms with Crippen LogP contribution in [0.1, 0.15) is 18.4 Å². The van der Waals surface area contributed by atoms with Crippen molar-refractivity contribution in [3.05, 3.63) is 34.9 Å². The van der Waals surface area contributed by atoms with Gasteiger partial charge < -0.3 is 9.84 Å². The standard InChI is InChI=1S/C13H17ClO2/c14-12-3-1-2-10(6-12)7-13(15)8-11-4-5-16-9-11/h1-3,6,11,13,15H,4-5,7-9H2. The van der Waals surface area contributed by atoms with Crippen molar-refractivity contribution in [1.29, 1.82) is 0 Å². The molecule has 0 amide bonds. The van der Waals surface area contributed by atoms with Crippen LogP contribution in [0.5, 0.6) is 0 Å². The molecule has 2 rings (SSSR count). The number of ether oxygens (including phenoxy) is 1. The highest BCUT2D eigenvalue weighted by Gasteiger charge is 2.19. The highest BCUT2D eigenvalue weighted by molar-refractivity contribution is 6.30. The second-order valence-corrected chi connectivity index (χ2v) is 4.89. The summed E-state index contributed by atoms with van der Waals surface area (Å²) < 4.78 is 5.30. The number of hydrogen-bond donors (Lipinski definition) is 1. The van der Waals surface area contributed by atoms with Gasteiger partial charge in [-0.1, -0.05) is 23.7 Å². The number of halogens is 1. The van der Waals surface area contributed by atoms with E-state index in [0.29, 0.717) is 12.3 Å². The van der Waals surface area contributed by atoms with Gasteiger partial charge in [0.25, 0.3) is 0 Å². The summed E-state index contributed by atoms with van der Waals surface area (Å²) in [6.45, 7) is 1.64. The summed E-state index contributed by atoms with van der Waals surface area (Å²) in [5.41, 5.74) is 1.10. The molecule has 1 aromatic carbocycles. The van der Waals surface area contributed by atoms with E-state index in [1.54, 1.807) is 0 Å². The first-order chi connectivity index (χ1) is 7.74. The Balaban J connectivity index is 1.84. The Morgan fingerprint density at radius 3 is 3.06 bits per heavy atom. The molecule has 2 atom stereocenters. The summed E-state index contributed by atoms with van der Waals surface area (Å²) in [6.07, 6.45) is 2.29. The van der Waals surface area contributed by atoms with Gasteiger partial charge in [-0.2, -0.15) is 0 Å². The average molecular weight is 241 g/mol. The van der Waals surface area contributed by atoms with Gasteiger partial charge in [-0.25, -0.2) is 0 Å². The third-order valence-electron chi connectivity index (χ3n) is 2.99. The lowest BCUT2D eigenvalue weighted by Crippen LogP contribution is -2.16. The third kappa shape index (κ3) is 3.48. The third-order valence-corrected chi connectivity index (χ3v) is 3.22. The predicted octanol–water partition coefficient (Wildman–Crippen LogP) is 2.67. The van der Waals surface area contributed by atoms with Gasteiger partial charge in [0.2, 0.25) is 0 Å². The fraction of sp³-hybridized carbons (Fsp3) is 0.538. The fourth-order valence-electron chi connectivity index (χ4n) is 2.17. The Morgan fingerprint density at radius 1 is 1.50 bits per heavy atom. The molecule has 0 saturated carbocycles. The summed E-state index contributed by atoms with van der Waals surface area (Å²) >= 11 is 5.90. The maximum absolute atomic E-state index is 9.96. The Morgan fingerprint density at radius 2 is 2.38 bits per heavy atom. The molecule has 1 N–H and O–H groups in total. The van der Waals surface area contributed by atoms with Crippen LogP contribution in [0.4, 0.5) is 0 Å². The molecular weight excluding hydrogens is 224 g/mol. The Kier molecular flexibility index (Phi) is 4.22. The van der Waals surface area contributed by atoms with Gasteiger partial charge >= 0.3 is 0 Å². The Bertz CT molecular complexity index is 334. The van der Waals surface area contributed by atoms with E-state index < -0.39 is 0 Å². The SMILES string of the molecule is OC(Cc1cccc(Cl)c1)CC1CCOC1. The minimum Gasteiger partial charge on any atom is -0.393 e. The van der Waals surface area contributed by atoms with E-state index in [4.69, 9.17) is 16.3 Å². The van der Waals surface area contributed by atoms with Gasteiger partial charge in [-0.05, 0) is 42.9 Å². The zero-order valence-corrected chi connectivity index (χ0v) is 9.99. The van der Waals surface area contributed by atoms with Crippen molar-refractivity contribution in [3.63, 3.8) is 0 Å². The summed E-state index contributed by atoms with van der Waals surface area (Å²) in [5.74, 6) is 0.522. The highest BCUT2D eigenvalue weighted by Crippen LogP contribution is 2.20. The van der Waals surface area contributed by atoms with Gasteiger partial charge in [0, 0.05) is 18.2 Å². The maximum atomic E-state index is 9.96. The topological polar surface area (TPSA) is 29.5 Å². The predicted molar refractivity (Wildman–Crippen MR) is 64.7 cm³/mol. The van der Waals surface area contributed by atoms with Crippen LogP contribution in [0.15, 0.2) is 24.3 Å². The van der Waals surface area contributed by atoms with E-state index in [9.17, 15) is 5.11 Å². The molecule has 1 aliphatic rings. The van der Waals surface area contributed by atoms with Crippen LogP contribution in [0.25, 0.3) is 0 Å². The van der Waals surface area contributed by atoms with E-state index in [1.807, 2.05) is 24.3 Å². The lowest BCUT2D eigenvalue weighted by molar-refractivity contribution is 0.129. The highest BCUT2D eigenvalue weighted by atomic mass is 35.5. The number of aliphatic hydroxyl groups excluding tert-OH is 1. The van der Waals surface area contributed by atoms with Crippen LogP contribution in [0.3, 0.4) is 0 Å². The molecular formula is C13H17ClO2. The minimum absolute atomic E-state index is 0.287. The number of benzene rings is 1. The van der Waals surface area contributed by atoms with Gasteiger partial charge in [0.15, 0.2) is 0 Å². The molecule has 88 valence electrons. The first-order valence-corrected chi connectivity index (χ1v) is 6.12. The molecule has 0 aromatic heterocycles. The monoisotopic (exact) mass is 240 g/mol. The molecule has 2 nitrogen and oxygen atoms in total. The van der Waals surface area contributed by atoms with E-state index in [2.05, 4.69) is 0 Å². The quantitative estimate of drug-likeness (QED) is 0.877. The molecule has 0 spiro atoms. The Labute approximate surface area is 101 Å². The average Bonchev–Trinajstić information content (AvgIpc) is 2.70. The summed E-state index contributed by atoms with van der Waals surface area (Å²) in [5, 5.41) is 10.7. The van der Waals surface area contributed by atoms with Gasteiger partial charge in [-0.3, -0.25) is 0 Å². The number of rotatable bonds is 4. The van der Waals surface area contributed by atoms with Crippen LogP contribution < -0.4 is 0 Å². The van der Waals surface area contributed by atoms with Crippen molar-refractivity contribution in [2.24, 2.45) is 5.92 Å². The van der Waals surface area contributed by atoms with Crippen molar-refractivity contribution in [3.8, 4) is 0 Å². The normalized spacial score (nSPS) is 22.2. The van der Waals surface area contributed by atoms with Crippen LogP contribution >= 0.6 is 11.6 Å². The second-order valence-electron chi connectivity index (χ2n) is 4.45. The van der Waals surface area contributed by atoms with Crippen LogP contribution in [-0.4, -0.2) is 24.4 Å². The lowest BCUT2D eigenvalue weighted by atomic mass is 9.97. The molecule has 1 aliphatic heterocycles. The van der Waals surface area contributed by atoms with Crippen molar-refractivity contribution in [2.75, 3.05) is 13.2 Å². The Hall–Kier alpha value is -0.570. The van der Waals surface area contributed by atoms with E-state index in [-0.39, 0.29) is 6.10 Å². The van der Waals surface area contributed by atoms with Crippen molar-refractivity contribution >= 4 is 11.6 Å². The van der Waals surface area contributed by atoms with E-state index >= 15 is 0 Å². The van der Waals surface area contributed by atoms with Crippen molar-refractivity contribution in [2.45, 2.75) is 25.4 Å². The molecule has 0 radical (unpaired) electrons. The second kappa shape index (κ2) is 5.67. The first-order valence-electron chi connectivity index (χ1n) is 5.74. The van der Waals surface area contributed by atoms with Gasteiger partial charge in [0.05, 0.1) is 6.10 Å². The summed E-state index contributed by atoms with van der Waals surface area (Å²) in [4.78, 5) is 0. The van der Waals surface area contributed by atoms with Crippen LogP contribution in [0, 0.1) is 5.92 Å². The first kappa shape index (κ1) is 11.9. The van der Waals surface area contributed by atoms with E-state index in [1.165, 1.54) is 0 Å². The molecule has 16 heavy (non-hydrogen) atoms. The number of aliphatic hydroxyl groups is 1. The molecule has 3 heteroatoms. The largest absolute Gasteiger partial charge is 0.393 e. The lowest BCUT2D eigenvalue weighted by Gasteiger charge is -2.14. The molecule has 1 fully saturated rings. The maximum Gasteiger partial charge on any atom is 0.0584 e. The molecule has 0 bridgehead atoms. The van der Waals surface area contributed by atoms with Crippen molar-refractivity contribution in [1.82, 2.24) is 0 Å². The molecule has 2 unspecified atom stereocenters.